The van der Waals surface area contributed by atoms with Crippen LogP contribution in [-0.2, 0) is 0 Å². The summed E-state index contributed by atoms with van der Waals surface area (Å²) in [6.07, 6.45) is 1.57. The van der Waals surface area contributed by atoms with Crippen molar-refractivity contribution in [2.75, 3.05) is 0 Å². The van der Waals surface area contributed by atoms with E-state index >= 15 is 0 Å². The van der Waals surface area contributed by atoms with E-state index in [1.54, 1.807) is 19.9 Å². The molecule has 0 unspecified atom stereocenters. The molecule has 0 aliphatic heterocycles. The van der Waals surface area contributed by atoms with Crippen LogP contribution in [-0.4, -0.2) is 5.16 Å². The van der Waals surface area contributed by atoms with Crippen LogP contribution in [0, 0.1) is 6.92 Å². The summed E-state index contributed by atoms with van der Waals surface area (Å²) in [6.45, 7) is 7.10. The van der Waals surface area contributed by atoms with Gasteiger partial charge in [-0.1, -0.05) is 18.2 Å². The van der Waals surface area contributed by atoms with Gasteiger partial charge in [0.15, 0.2) is 5.76 Å². The van der Waals surface area contributed by atoms with E-state index < -0.39 is 0 Å². The van der Waals surface area contributed by atoms with Gasteiger partial charge in [0.05, 0.1) is 5.56 Å². The molecule has 0 atom stereocenters. The Morgan fingerprint density at radius 1 is 1.69 bits per heavy atom. The molecule has 0 aliphatic carbocycles. The highest BCUT2D eigenvalue weighted by atomic mass is 35.5. The van der Waals surface area contributed by atoms with Crippen molar-refractivity contribution in [3.05, 3.63) is 38.9 Å². The van der Waals surface area contributed by atoms with Crippen LogP contribution >= 0.6 is 11.6 Å². The summed E-state index contributed by atoms with van der Waals surface area (Å²) in [5.41, 5.74) is 1.00. The SMILES string of the molecule is C=C(C)/C(Cl)=C\c1o[nH]c(=O)c1C. The summed E-state index contributed by atoms with van der Waals surface area (Å²) in [5, 5.41) is 2.70. The van der Waals surface area contributed by atoms with Crippen molar-refractivity contribution in [3.63, 3.8) is 0 Å². The molecule has 0 aliphatic rings. The second kappa shape index (κ2) is 3.66. The lowest BCUT2D eigenvalue weighted by Crippen LogP contribution is -2.00. The maximum Gasteiger partial charge on any atom is 0.283 e. The Morgan fingerprint density at radius 3 is 2.69 bits per heavy atom. The third-order valence-corrected chi connectivity index (χ3v) is 2.06. The Labute approximate surface area is 80.7 Å². The van der Waals surface area contributed by atoms with Crippen LogP contribution < -0.4 is 5.56 Å². The summed E-state index contributed by atoms with van der Waals surface area (Å²) in [4.78, 5) is 10.9. The Hall–Kier alpha value is -1.22. The molecule has 3 nitrogen and oxygen atoms in total. The molecule has 0 saturated heterocycles. The first-order valence-corrected chi connectivity index (χ1v) is 4.11. The summed E-state index contributed by atoms with van der Waals surface area (Å²) < 4.78 is 4.88. The molecule has 0 bridgehead atoms. The molecule has 0 aromatic carbocycles. The first-order valence-electron chi connectivity index (χ1n) is 3.73. The number of nitrogens with one attached hydrogen (secondary N) is 1. The quantitative estimate of drug-likeness (QED) is 0.744. The molecular formula is C9H10ClNO2. The van der Waals surface area contributed by atoms with Crippen LogP contribution in [0.25, 0.3) is 6.08 Å². The Kier molecular flexibility index (Phi) is 2.78. The van der Waals surface area contributed by atoms with Crippen molar-refractivity contribution in [1.29, 1.82) is 0 Å². The van der Waals surface area contributed by atoms with Gasteiger partial charge in [-0.25, -0.2) is 0 Å². The van der Waals surface area contributed by atoms with Gasteiger partial charge in [-0.3, -0.25) is 4.79 Å². The van der Waals surface area contributed by atoms with Crippen molar-refractivity contribution in [3.8, 4) is 0 Å². The minimum atomic E-state index is -0.238. The van der Waals surface area contributed by atoms with Crippen LogP contribution in [0.4, 0.5) is 0 Å². The van der Waals surface area contributed by atoms with Gasteiger partial charge < -0.3 is 4.52 Å². The summed E-state index contributed by atoms with van der Waals surface area (Å²) >= 11 is 5.82. The molecular weight excluding hydrogens is 190 g/mol. The fraction of sp³-hybridized carbons (Fsp3) is 0.222. The molecule has 0 saturated carbocycles. The van der Waals surface area contributed by atoms with Gasteiger partial charge in [-0.05, 0) is 19.4 Å². The number of rotatable bonds is 2. The lowest BCUT2D eigenvalue weighted by molar-refractivity contribution is 0.406. The van der Waals surface area contributed by atoms with Crippen molar-refractivity contribution in [2.24, 2.45) is 0 Å². The highest BCUT2D eigenvalue weighted by Crippen LogP contribution is 2.17. The van der Waals surface area contributed by atoms with Crippen molar-refractivity contribution < 1.29 is 4.52 Å². The molecule has 13 heavy (non-hydrogen) atoms. The third kappa shape index (κ3) is 2.12. The lowest BCUT2D eigenvalue weighted by atomic mass is 10.2. The number of allylic oxidation sites excluding steroid dienone is 2. The zero-order chi connectivity index (χ0) is 10.0. The topological polar surface area (TPSA) is 46.0 Å². The van der Waals surface area contributed by atoms with E-state index in [9.17, 15) is 4.79 Å². The van der Waals surface area contributed by atoms with Gasteiger partial charge in [0.1, 0.15) is 0 Å². The van der Waals surface area contributed by atoms with Gasteiger partial charge in [0.25, 0.3) is 5.56 Å². The molecule has 0 amide bonds. The monoisotopic (exact) mass is 199 g/mol. The molecule has 0 fully saturated rings. The summed E-state index contributed by atoms with van der Waals surface area (Å²) in [5.74, 6) is 0.443. The first kappa shape index (κ1) is 9.86. The fourth-order valence-corrected chi connectivity index (χ4v) is 0.841. The second-order valence-electron chi connectivity index (χ2n) is 2.80. The molecule has 4 heteroatoms. The smallest absolute Gasteiger partial charge is 0.283 e. The Bertz CT molecular complexity index is 411. The second-order valence-corrected chi connectivity index (χ2v) is 3.20. The summed E-state index contributed by atoms with van der Waals surface area (Å²) in [7, 11) is 0. The number of H-pyrrole nitrogens is 1. The molecule has 1 aromatic rings. The molecule has 0 radical (unpaired) electrons. The van der Waals surface area contributed by atoms with E-state index in [1.807, 2.05) is 0 Å². The number of hydrogen-bond acceptors (Lipinski definition) is 2. The van der Waals surface area contributed by atoms with Gasteiger partial charge in [-0.15, -0.1) is 0 Å². The van der Waals surface area contributed by atoms with E-state index in [0.717, 1.165) is 5.57 Å². The molecule has 1 heterocycles. The van der Waals surface area contributed by atoms with Gasteiger partial charge in [0, 0.05) is 11.1 Å². The number of aromatic amines is 1. The summed E-state index contributed by atoms with van der Waals surface area (Å²) in [6, 6.07) is 0. The van der Waals surface area contributed by atoms with E-state index in [1.165, 1.54) is 0 Å². The lowest BCUT2D eigenvalue weighted by Gasteiger charge is -1.93. The molecule has 1 aromatic heterocycles. The van der Waals surface area contributed by atoms with Crippen molar-refractivity contribution in [1.82, 2.24) is 5.16 Å². The van der Waals surface area contributed by atoms with Crippen LogP contribution in [0.15, 0.2) is 26.5 Å². The van der Waals surface area contributed by atoms with E-state index in [4.69, 9.17) is 16.1 Å². The van der Waals surface area contributed by atoms with E-state index in [0.29, 0.717) is 16.4 Å². The predicted molar refractivity (Wildman–Crippen MR) is 52.7 cm³/mol. The van der Waals surface area contributed by atoms with Gasteiger partial charge in [-0.2, -0.15) is 5.16 Å². The number of hydrogen-bond donors (Lipinski definition) is 1. The third-order valence-electron chi connectivity index (χ3n) is 1.63. The predicted octanol–water partition coefficient (Wildman–Crippen LogP) is 2.43. The highest BCUT2D eigenvalue weighted by Gasteiger charge is 2.05. The average Bonchev–Trinajstić information content (AvgIpc) is 2.36. The van der Waals surface area contributed by atoms with Crippen molar-refractivity contribution in [2.45, 2.75) is 13.8 Å². The average molecular weight is 200 g/mol. The largest absolute Gasteiger partial charge is 0.379 e. The van der Waals surface area contributed by atoms with Crippen LogP contribution in [0.1, 0.15) is 18.2 Å². The maximum atomic E-state index is 10.9. The zero-order valence-electron chi connectivity index (χ0n) is 7.48. The van der Waals surface area contributed by atoms with Crippen LogP contribution in [0.3, 0.4) is 0 Å². The Morgan fingerprint density at radius 2 is 2.31 bits per heavy atom. The molecule has 70 valence electrons. The standard InChI is InChI=1S/C9H10ClNO2/c1-5(2)7(10)4-8-6(3)9(12)11-13-8/h4H,1H2,2-3H3,(H,11,12)/b7-4+. The molecule has 1 N–H and O–H groups in total. The highest BCUT2D eigenvalue weighted by molar-refractivity contribution is 6.33. The fourth-order valence-electron chi connectivity index (χ4n) is 0.742. The van der Waals surface area contributed by atoms with Crippen molar-refractivity contribution >= 4 is 17.7 Å². The van der Waals surface area contributed by atoms with Crippen LogP contribution in [0.5, 0.6) is 0 Å². The normalized spacial score (nSPS) is 11.8. The Balaban J connectivity index is 3.11. The van der Waals surface area contributed by atoms with E-state index in [2.05, 4.69) is 11.7 Å². The minimum Gasteiger partial charge on any atom is -0.379 e. The van der Waals surface area contributed by atoms with Crippen LogP contribution in [0.2, 0.25) is 0 Å². The zero-order valence-corrected chi connectivity index (χ0v) is 8.23. The molecule has 1 rings (SSSR count). The maximum absolute atomic E-state index is 10.9. The van der Waals surface area contributed by atoms with Gasteiger partial charge >= 0.3 is 0 Å². The number of aromatic nitrogens is 1. The first-order chi connectivity index (χ1) is 6.02. The number of halogens is 1. The minimum absolute atomic E-state index is 0.238. The van der Waals surface area contributed by atoms with Gasteiger partial charge in [0.2, 0.25) is 0 Å². The van der Waals surface area contributed by atoms with E-state index in [-0.39, 0.29) is 5.56 Å². The molecule has 0 spiro atoms.